The van der Waals surface area contributed by atoms with Gasteiger partial charge in [-0.2, -0.15) is 4.31 Å². The van der Waals surface area contributed by atoms with E-state index in [1.165, 1.54) is 4.31 Å². The second kappa shape index (κ2) is 8.71. The largest absolute Gasteiger partial charge is 0.351 e. The molecule has 2 rings (SSSR count). The van der Waals surface area contributed by atoms with E-state index in [9.17, 15) is 13.2 Å². The number of hydrogen-bond acceptors (Lipinski definition) is 3. The summed E-state index contributed by atoms with van der Waals surface area (Å²) in [5.74, 6) is 0.461. The molecule has 1 aliphatic rings. The number of rotatable bonds is 6. The Morgan fingerprint density at radius 2 is 1.70 bits per heavy atom. The molecule has 0 radical (unpaired) electrons. The smallest absolute Gasteiger partial charge is 0.275 e. The minimum atomic E-state index is -3.48. The van der Waals surface area contributed by atoms with Gasteiger partial charge in [-0.3, -0.25) is 4.79 Å². The van der Waals surface area contributed by atoms with Crippen LogP contribution in [0.25, 0.3) is 0 Å². The van der Waals surface area contributed by atoms with Crippen molar-refractivity contribution in [3.8, 4) is 0 Å². The van der Waals surface area contributed by atoms with Crippen molar-refractivity contribution in [1.29, 1.82) is 0 Å². The van der Waals surface area contributed by atoms with Crippen molar-refractivity contribution in [1.82, 2.24) is 9.62 Å². The molecule has 1 saturated heterocycles. The molecular formula is C20H34N3O3S+. The van der Waals surface area contributed by atoms with Crippen LogP contribution in [0, 0.1) is 5.92 Å². The van der Waals surface area contributed by atoms with Gasteiger partial charge < -0.3 is 10.2 Å². The molecule has 0 bridgehead atoms. The Balaban J connectivity index is 1.93. The van der Waals surface area contributed by atoms with Gasteiger partial charge in [0.2, 0.25) is 10.0 Å². The first kappa shape index (κ1) is 21.9. The zero-order valence-electron chi connectivity index (χ0n) is 17.2. The Morgan fingerprint density at radius 1 is 1.15 bits per heavy atom. The van der Waals surface area contributed by atoms with Gasteiger partial charge in [0, 0.05) is 6.54 Å². The zero-order chi connectivity index (χ0) is 20.2. The molecule has 0 aliphatic carbocycles. The maximum absolute atomic E-state index is 12.9. The molecule has 1 amide bonds. The molecule has 0 aromatic heterocycles. The maximum Gasteiger partial charge on any atom is 0.275 e. The number of carbonyl (C=O) groups is 1. The Bertz CT molecular complexity index is 729. The van der Waals surface area contributed by atoms with Crippen LogP contribution in [0.5, 0.6) is 0 Å². The highest BCUT2D eigenvalue weighted by atomic mass is 32.2. The molecule has 7 heteroatoms. The van der Waals surface area contributed by atoms with Gasteiger partial charge in [0.1, 0.15) is 0 Å². The van der Waals surface area contributed by atoms with Crippen molar-refractivity contribution in [3.63, 3.8) is 0 Å². The molecular weight excluding hydrogens is 362 g/mol. The Kier molecular flexibility index (Phi) is 7.05. The lowest BCUT2D eigenvalue weighted by Gasteiger charge is -2.31. The highest BCUT2D eigenvalue weighted by Gasteiger charge is 2.31. The lowest BCUT2D eigenvalue weighted by atomic mass is 9.87. The molecule has 2 N–H and O–H groups in total. The first-order valence-corrected chi connectivity index (χ1v) is 11.1. The monoisotopic (exact) mass is 396 g/mol. The van der Waals surface area contributed by atoms with Crippen molar-refractivity contribution in [3.05, 3.63) is 29.8 Å². The molecule has 0 unspecified atom stereocenters. The predicted molar refractivity (Wildman–Crippen MR) is 107 cm³/mol. The number of hydrogen-bond donors (Lipinski definition) is 2. The Hall–Kier alpha value is -1.44. The van der Waals surface area contributed by atoms with Crippen LogP contribution in [0.4, 0.5) is 0 Å². The zero-order valence-corrected chi connectivity index (χ0v) is 18.0. The van der Waals surface area contributed by atoms with Crippen LogP contribution in [-0.2, 0) is 20.2 Å². The van der Waals surface area contributed by atoms with Gasteiger partial charge in [-0.1, -0.05) is 46.8 Å². The van der Waals surface area contributed by atoms with E-state index in [4.69, 9.17) is 0 Å². The molecule has 1 aromatic carbocycles. The molecule has 1 aromatic rings. The molecule has 6 nitrogen and oxygen atoms in total. The van der Waals surface area contributed by atoms with Gasteiger partial charge in [0.15, 0.2) is 6.54 Å². The van der Waals surface area contributed by atoms with Crippen LogP contribution in [0.2, 0.25) is 0 Å². The van der Waals surface area contributed by atoms with E-state index in [1.54, 1.807) is 12.1 Å². The molecule has 1 fully saturated rings. The van der Waals surface area contributed by atoms with E-state index in [1.807, 2.05) is 12.1 Å². The van der Waals surface area contributed by atoms with Gasteiger partial charge in [-0.05, 0) is 29.0 Å². The Morgan fingerprint density at radius 3 is 2.19 bits per heavy atom. The van der Waals surface area contributed by atoms with Crippen LogP contribution >= 0.6 is 0 Å². The summed E-state index contributed by atoms with van der Waals surface area (Å²) in [6.45, 7) is 13.7. The average molecular weight is 397 g/mol. The number of sulfonamides is 1. The average Bonchev–Trinajstić information content (AvgIpc) is 2.60. The summed E-state index contributed by atoms with van der Waals surface area (Å²) < 4.78 is 27.3. The number of nitrogens with zero attached hydrogens (tertiary/aromatic N) is 1. The first-order chi connectivity index (χ1) is 12.5. The van der Waals surface area contributed by atoms with Crippen molar-refractivity contribution >= 4 is 15.9 Å². The summed E-state index contributed by atoms with van der Waals surface area (Å²) in [4.78, 5) is 13.4. The summed E-state index contributed by atoms with van der Waals surface area (Å²) in [6, 6.07) is 7.20. The molecule has 0 saturated carbocycles. The predicted octanol–water partition coefficient (Wildman–Crippen LogP) is 0.646. The second-order valence-electron chi connectivity index (χ2n) is 8.80. The molecule has 1 heterocycles. The first-order valence-electron chi connectivity index (χ1n) is 9.71. The Labute approximate surface area is 164 Å². The molecule has 0 atom stereocenters. The number of nitrogens with one attached hydrogen (secondary N) is 2. The third-order valence-corrected chi connectivity index (χ3v) is 6.82. The maximum atomic E-state index is 12.9. The second-order valence-corrected chi connectivity index (χ2v) is 10.7. The third-order valence-electron chi connectivity index (χ3n) is 4.91. The summed E-state index contributed by atoms with van der Waals surface area (Å²) in [5.41, 5.74) is 1.11. The van der Waals surface area contributed by atoms with Crippen molar-refractivity contribution in [2.45, 2.75) is 44.9 Å². The van der Waals surface area contributed by atoms with E-state index in [0.717, 1.165) is 10.5 Å². The van der Waals surface area contributed by atoms with Crippen LogP contribution in [0.15, 0.2) is 29.2 Å². The van der Waals surface area contributed by atoms with Gasteiger partial charge >= 0.3 is 0 Å². The fourth-order valence-electron chi connectivity index (χ4n) is 3.10. The lowest BCUT2D eigenvalue weighted by Crippen LogP contribution is -3.15. The summed E-state index contributed by atoms with van der Waals surface area (Å²) in [5, 5.41) is 2.92. The molecule has 0 spiro atoms. The lowest BCUT2D eigenvalue weighted by molar-refractivity contribution is -0.895. The molecule has 27 heavy (non-hydrogen) atoms. The fraction of sp³-hybridized carbons (Fsp3) is 0.650. The van der Waals surface area contributed by atoms with E-state index < -0.39 is 10.0 Å². The van der Waals surface area contributed by atoms with Crippen LogP contribution in [0.1, 0.15) is 40.2 Å². The number of quaternary nitrogens is 1. The molecule has 1 aliphatic heterocycles. The highest BCUT2D eigenvalue weighted by Crippen LogP contribution is 2.24. The molecule has 152 valence electrons. The van der Waals surface area contributed by atoms with Gasteiger partial charge in [-0.25, -0.2) is 8.42 Å². The quantitative estimate of drug-likeness (QED) is 0.742. The topological polar surface area (TPSA) is 70.9 Å². The van der Waals surface area contributed by atoms with Crippen LogP contribution in [0.3, 0.4) is 0 Å². The van der Waals surface area contributed by atoms with Gasteiger partial charge in [0.05, 0.1) is 31.1 Å². The van der Waals surface area contributed by atoms with Crippen molar-refractivity contribution < 1.29 is 18.1 Å². The number of piperazine rings is 1. The number of carbonyl (C=O) groups excluding carboxylic acids is 1. The summed E-state index contributed by atoms with van der Waals surface area (Å²) in [7, 11) is -3.48. The SMILES string of the molecule is CC(C)CNC(=O)C[NH+]1CCN(S(=O)(=O)c2ccc(C(C)(C)C)cc2)CC1. The minimum absolute atomic E-state index is 0.00653. The van der Waals surface area contributed by atoms with Gasteiger partial charge in [0.25, 0.3) is 5.91 Å². The van der Waals surface area contributed by atoms with Crippen molar-refractivity contribution in [2.75, 3.05) is 39.3 Å². The van der Waals surface area contributed by atoms with Crippen molar-refractivity contribution in [2.24, 2.45) is 5.92 Å². The standard InChI is InChI=1S/C20H33N3O3S/c1-16(2)14-21-19(24)15-22-10-12-23(13-11-22)27(25,26)18-8-6-17(7-9-18)20(3,4)5/h6-9,16H,10-15H2,1-5H3,(H,21,24)/p+1. The van der Waals surface area contributed by atoms with E-state index in [-0.39, 0.29) is 11.3 Å². The number of benzene rings is 1. The van der Waals surface area contributed by atoms with Gasteiger partial charge in [-0.15, -0.1) is 0 Å². The summed E-state index contributed by atoms with van der Waals surface area (Å²) >= 11 is 0. The minimum Gasteiger partial charge on any atom is -0.351 e. The van der Waals surface area contributed by atoms with Crippen LogP contribution in [-0.4, -0.2) is 57.9 Å². The van der Waals surface area contributed by atoms with Crippen LogP contribution < -0.4 is 10.2 Å². The van der Waals surface area contributed by atoms with E-state index >= 15 is 0 Å². The summed E-state index contributed by atoms with van der Waals surface area (Å²) in [6.07, 6.45) is 0. The third kappa shape index (κ3) is 6.02. The van der Waals surface area contributed by atoms with E-state index in [0.29, 0.717) is 50.1 Å². The fourth-order valence-corrected chi connectivity index (χ4v) is 4.54. The number of amides is 1. The normalized spacial score (nSPS) is 17.3. The van der Waals surface area contributed by atoms with E-state index in [2.05, 4.69) is 39.9 Å². The highest BCUT2D eigenvalue weighted by molar-refractivity contribution is 7.89.